The van der Waals surface area contributed by atoms with Crippen LogP contribution in [0.5, 0.6) is 0 Å². The lowest BCUT2D eigenvalue weighted by Gasteiger charge is -2.30. The fraction of sp³-hybridized carbons (Fsp3) is 0.500. The predicted molar refractivity (Wildman–Crippen MR) is 71.1 cm³/mol. The first kappa shape index (κ1) is 14.7. The summed E-state index contributed by atoms with van der Waals surface area (Å²) >= 11 is 5.59. The van der Waals surface area contributed by atoms with Gasteiger partial charge in [0.2, 0.25) is 0 Å². The summed E-state index contributed by atoms with van der Waals surface area (Å²) in [5.74, 6) is 0.872. The van der Waals surface area contributed by atoms with E-state index in [-0.39, 0.29) is 11.6 Å². The van der Waals surface area contributed by atoms with Crippen LogP contribution in [0.4, 0.5) is 18.9 Å². The Hall–Kier alpha value is -0.750. The summed E-state index contributed by atoms with van der Waals surface area (Å²) < 4.78 is 50.5. The minimum atomic E-state index is -4.41. The standard InChI is InChI=1S/C12H13ClF3NOS/c13-8-9-1-2-11(10(7-9)12(14,15)16)17-3-5-19(18)6-4-17/h1-2,7H,3-6,8H2. The smallest absolute Gasteiger partial charge is 0.369 e. The van der Waals surface area contributed by atoms with Crippen molar-refractivity contribution in [2.75, 3.05) is 29.5 Å². The maximum absolute atomic E-state index is 13.1. The molecule has 1 aromatic carbocycles. The van der Waals surface area contributed by atoms with E-state index >= 15 is 0 Å². The summed E-state index contributed by atoms with van der Waals surface area (Å²) in [5, 5.41) is 0. The van der Waals surface area contributed by atoms with Crippen LogP contribution < -0.4 is 4.90 Å². The van der Waals surface area contributed by atoms with E-state index in [1.165, 1.54) is 6.07 Å². The van der Waals surface area contributed by atoms with E-state index in [1.807, 2.05) is 0 Å². The lowest BCUT2D eigenvalue weighted by molar-refractivity contribution is -0.137. The molecule has 1 saturated heterocycles. The molecule has 1 aliphatic rings. The number of nitrogens with zero attached hydrogens (tertiary/aromatic N) is 1. The second kappa shape index (κ2) is 5.71. The van der Waals surface area contributed by atoms with Crippen molar-refractivity contribution in [1.29, 1.82) is 0 Å². The van der Waals surface area contributed by atoms with Crippen LogP contribution in [0.25, 0.3) is 0 Å². The van der Waals surface area contributed by atoms with Crippen LogP contribution in [-0.2, 0) is 22.9 Å². The molecule has 0 spiro atoms. The highest BCUT2D eigenvalue weighted by Gasteiger charge is 2.35. The summed E-state index contributed by atoms with van der Waals surface area (Å²) in [5.41, 5.74) is -0.0743. The molecule has 1 fully saturated rings. The molecule has 0 saturated carbocycles. The summed E-state index contributed by atoms with van der Waals surface area (Å²) in [6, 6.07) is 4.14. The Labute approximate surface area is 117 Å². The van der Waals surface area contributed by atoms with E-state index in [0.29, 0.717) is 30.2 Å². The van der Waals surface area contributed by atoms with Crippen molar-refractivity contribution in [1.82, 2.24) is 0 Å². The van der Waals surface area contributed by atoms with Crippen molar-refractivity contribution in [3.8, 4) is 0 Å². The SMILES string of the molecule is O=S1CCN(c2ccc(CCl)cc2C(F)(F)F)CC1. The molecule has 0 unspecified atom stereocenters. The topological polar surface area (TPSA) is 20.3 Å². The first-order chi connectivity index (χ1) is 8.91. The Morgan fingerprint density at radius 1 is 1.26 bits per heavy atom. The molecule has 0 aliphatic carbocycles. The Morgan fingerprint density at radius 3 is 2.42 bits per heavy atom. The monoisotopic (exact) mass is 311 g/mol. The molecule has 1 aliphatic heterocycles. The van der Waals surface area contributed by atoms with Crippen LogP contribution in [0.15, 0.2) is 18.2 Å². The van der Waals surface area contributed by atoms with Crippen molar-refractivity contribution in [3.05, 3.63) is 29.3 Å². The summed E-state index contributed by atoms with van der Waals surface area (Å²) in [6.45, 7) is 0.770. The van der Waals surface area contributed by atoms with E-state index < -0.39 is 22.5 Å². The number of halogens is 4. The van der Waals surface area contributed by atoms with Gasteiger partial charge in [-0.25, -0.2) is 0 Å². The van der Waals surface area contributed by atoms with Gasteiger partial charge in [0.05, 0.1) is 5.56 Å². The fourth-order valence-electron chi connectivity index (χ4n) is 2.05. The lowest BCUT2D eigenvalue weighted by atomic mass is 10.1. The molecular weight excluding hydrogens is 299 g/mol. The zero-order valence-electron chi connectivity index (χ0n) is 10.0. The summed E-state index contributed by atoms with van der Waals surface area (Å²) in [6.07, 6.45) is -4.41. The van der Waals surface area contributed by atoms with Crippen molar-refractivity contribution in [2.24, 2.45) is 0 Å². The predicted octanol–water partition coefficient (Wildman–Crippen LogP) is 3.01. The van der Waals surface area contributed by atoms with Gasteiger partial charge in [0.25, 0.3) is 0 Å². The molecule has 0 aromatic heterocycles. The van der Waals surface area contributed by atoms with Crippen LogP contribution in [0.2, 0.25) is 0 Å². The molecule has 1 heterocycles. The number of anilines is 1. The summed E-state index contributed by atoms with van der Waals surface area (Å²) in [4.78, 5) is 1.64. The van der Waals surface area contributed by atoms with E-state index in [0.717, 1.165) is 6.07 Å². The van der Waals surface area contributed by atoms with Gasteiger partial charge < -0.3 is 4.90 Å². The number of hydrogen-bond donors (Lipinski definition) is 0. The maximum Gasteiger partial charge on any atom is 0.418 e. The molecule has 0 bridgehead atoms. The highest BCUT2D eigenvalue weighted by atomic mass is 35.5. The van der Waals surface area contributed by atoms with Crippen molar-refractivity contribution < 1.29 is 17.4 Å². The zero-order chi connectivity index (χ0) is 14.0. The third-order valence-corrected chi connectivity index (χ3v) is 4.62. The highest BCUT2D eigenvalue weighted by Crippen LogP contribution is 2.37. The zero-order valence-corrected chi connectivity index (χ0v) is 11.6. The van der Waals surface area contributed by atoms with Gasteiger partial charge >= 0.3 is 6.18 Å². The van der Waals surface area contributed by atoms with Gasteiger partial charge in [-0.05, 0) is 17.7 Å². The molecule has 106 valence electrons. The third kappa shape index (κ3) is 3.42. The molecule has 0 radical (unpaired) electrons. The molecule has 1 aromatic rings. The molecular formula is C12H13ClF3NOS. The second-order valence-electron chi connectivity index (χ2n) is 4.32. The van der Waals surface area contributed by atoms with Crippen LogP contribution in [0.3, 0.4) is 0 Å². The van der Waals surface area contributed by atoms with Gasteiger partial charge in [0, 0.05) is 47.0 Å². The van der Waals surface area contributed by atoms with Crippen LogP contribution in [0, 0.1) is 0 Å². The average molecular weight is 312 g/mol. The number of alkyl halides is 4. The lowest BCUT2D eigenvalue weighted by Crippen LogP contribution is -2.38. The average Bonchev–Trinajstić information content (AvgIpc) is 2.38. The Kier molecular flexibility index (Phi) is 4.40. The fourth-order valence-corrected chi connectivity index (χ4v) is 3.27. The molecule has 0 amide bonds. The number of benzene rings is 1. The first-order valence-electron chi connectivity index (χ1n) is 5.78. The van der Waals surface area contributed by atoms with Crippen molar-refractivity contribution >= 4 is 28.1 Å². The van der Waals surface area contributed by atoms with Gasteiger partial charge in [-0.15, -0.1) is 11.6 Å². The normalized spacial score (nSPS) is 17.8. The van der Waals surface area contributed by atoms with Crippen molar-refractivity contribution in [3.63, 3.8) is 0 Å². The Balaban J connectivity index is 2.36. The summed E-state index contributed by atoms with van der Waals surface area (Å²) in [7, 11) is -0.912. The third-order valence-electron chi connectivity index (χ3n) is 3.04. The van der Waals surface area contributed by atoms with Gasteiger partial charge in [-0.3, -0.25) is 4.21 Å². The van der Waals surface area contributed by atoms with Gasteiger partial charge in [-0.1, -0.05) is 6.07 Å². The van der Waals surface area contributed by atoms with Crippen LogP contribution in [0.1, 0.15) is 11.1 Å². The number of hydrogen-bond acceptors (Lipinski definition) is 2. The van der Waals surface area contributed by atoms with Gasteiger partial charge in [0.1, 0.15) is 0 Å². The maximum atomic E-state index is 13.1. The van der Waals surface area contributed by atoms with E-state index in [2.05, 4.69) is 0 Å². The number of rotatable bonds is 2. The van der Waals surface area contributed by atoms with Gasteiger partial charge in [-0.2, -0.15) is 13.2 Å². The van der Waals surface area contributed by atoms with Crippen LogP contribution >= 0.6 is 11.6 Å². The molecule has 0 N–H and O–H groups in total. The van der Waals surface area contributed by atoms with Crippen molar-refractivity contribution in [2.45, 2.75) is 12.1 Å². The van der Waals surface area contributed by atoms with E-state index in [4.69, 9.17) is 11.6 Å². The highest BCUT2D eigenvalue weighted by molar-refractivity contribution is 7.85. The Bertz CT molecular complexity index is 482. The second-order valence-corrected chi connectivity index (χ2v) is 6.28. The molecule has 19 heavy (non-hydrogen) atoms. The molecule has 2 rings (SSSR count). The van der Waals surface area contributed by atoms with E-state index in [9.17, 15) is 17.4 Å². The largest absolute Gasteiger partial charge is 0.418 e. The molecule has 7 heteroatoms. The quantitative estimate of drug-likeness (QED) is 0.783. The van der Waals surface area contributed by atoms with Gasteiger partial charge in [0.15, 0.2) is 0 Å². The van der Waals surface area contributed by atoms with Crippen LogP contribution in [-0.4, -0.2) is 28.8 Å². The Morgan fingerprint density at radius 2 is 1.89 bits per heavy atom. The first-order valence-corrected chi connectivity index (χ1v) is 7.80. The minimum Gasteiger partial charge on any atom is -0.369 e. The molecule has 2 nitrogen and oxygen atoms in total. The molecule has 0 atom stereocenters. The van der Waals surface area contributed by atoms with E-state index in [1.54, 1.807) is 11.0 Å². The minimum absolute atomic E-state index is 0.0490.